The first-order valence-electron chi connectivity index (χ1n) is 5.34. The summed E-state index contributed by atoms with van der Waals surface area (Å²) in [4.78, 5) is 3.15. The molecular weight excluding hydrogens is 255 g/mol. The Hall–Kier alpha value is -2.55. The molecule has 1 aromatic heterocycles. The number of anilines is 2. The molecule has 0 aliphatic heterocycles. The zero-order valence-corrected chi connectivity index (χ0v) is 9.62. The quantitative estimate of drug-likeness (QED) is 0.864. The van der Waals surface area contributed by atoms with Crippen LogP contribution in [0.15, 0.2) is 30.3 Å². The number of rotatable bonds is 3. The number of hydrogen-bond acceptors (Lipinski definition) is 3. The van der Waals surface area contributed by atoms with Crippen molar-refractivity contribution in [1.29, 1.82) is 5.26 Å². The van der Waals surface area contributed by atoms with E-state index in [-0.39, 0.29) is 6.42 Å². The fourth-order valence-corrected chi connectivity index (χ4v) is 1.47. The third-order valence-electron chi connectivity index (χ3n) is 2.39. The van der Waals surface area contributed by atoms with Gasteiger partial charge in [-0.3, -0.25) is 0 Å². The van der Waals surface area contributed by atoms with Gasteiger partial charge in [0.2, 0.25) is 0 Å². The molecule has 0 aliphatic carbocycles. The van der Waals surface area contributed by atoms with Crippen molar-refractivity contribution in [3.05, 3.63) is 53.5 Å². The lowest BCUT2D eigenvalue weighted by Gasteiger charge is -2.07. The van der Waals surface area contributed by atoms with Crippen LogP contribution in [0.1, 0.15) is 5.56 Å². The Bertz CT molecular complexity index is 633. The predicted molar refractivity (Wildman–Crippen MR) is 63.2 cm³/mol. The Morgan fingerprint density at radius 1 is 1.11 bits per heavy atom. The lowest BCUT2D eigenvalue weighted by atomic mass is 10.1. The van der Waals surface area contributed by atoms with Crippen molar-refractivity contribution in [2.24, 2.45) is 0 Å². The van der Waals surface area contributed by atoms with Gasteiger partial charge in [0.15, 0.2) is 17.5 Å². The van der Waals surface area contributed by atoms with E-state index in [1.807, 2.05) is 6.07 Å². The molecular formula is C13H8F3N3. The highest BCUT2D eigenvalue weighted by molar-refractivity contribution is 5.56. The molecule has 0 saturated heterocycles. The molecule has 0 amide bonds. The molecule has 1 N–H and O–H groups in total. The van der Waals surface area contributed by atoms with Crippen LogP contribution >= 0.6 is 0 Å². The fourth-order valence-electron chi connectivity index (χ4n) is 1.47. The summed E-state index contributed by atoms with van der Waals surface area (Å²) in [5.41, 5.74) is 1.26. The molecule has 0 unspecified atom stereocenters. The summed E-state index contributed by atoms with van der Waals surface area (Å²) in [6.07, 6.45) is 0.262. The largest absolute Gasteiger partial charge is 0.338 e. The van der Waals surface area contributed by atoms with Gasteiger partial charge >= 0.3 is 0 Å². The van der Waals surface area contributed by atoms with Crippen LogP contribution in [0.25, 0.3) is 0 Å². The van der Waals surface area contributed by atoms with Crippen molar-refractivity contribution in [1.82, 2.24) is 4.98 Å². The van der Waals surface area contributed by atoms with E-state index in [2.05, 4.69) is 10.3 Å². The lowest BCUT2D eigenvalue weighted by Crippen LogP contribution is -2.01. The van der Waals surface area contributed by atoms with Crippen LogP contribution < -0.4 is 5.32 Å². The van der Waals surface area contributed by atoms with E-state index in [1.165, 1.54) is 0 Å². The maximum absolute atomic E-state index is 13.3. The second-order valence-corrected chi connectivity index (χ2v) is 3.75. The topological polar surface area (TPSA) is 48.7 Å². The third kappa shape index (κ3) is 3.01. The lowest BCUT2D eigenvalue weighted by molar-refractivity contribution is 0.467. The third-order valence-corrected chi connectivity index (χ3v) is 2.39. The predicted octanol–water partition coefficient (Wildman–Crippen LogP) is 3.31. The fraction of sp³-hybridized carbons (Fsp3) is 0.0769. The van der Waals surface area contributed by atoms with Gasteiger partial charge in [-0.05, 0) is 17.7 Å². The summed E-state index contributed by atoms with van der Waals surface area (Å²) in [6, 6.07) is 8.94. The van der Waals surface area contributed by atoms with Gasteiger partial charge in [-0.2, -0.15) is 14.6 Å². The first-order valence-corrected chi connectivity index (χ1v) is 5.34. The molecule has 6 heteroatoms. The van der Waals surface area contributed by atoms with E-state index in [9.17, 15) is 13.2 Å². The Kier molecular flexibility index (Phi) is 3.66. The molecule has 2 rings (SSSR count). The molecule has 3 nitrogen and oxygen atoms in total. The normalized spacial score (nSPS) is 10.0. The number of nitrogens with zero attached hydrogens (tertiary/aromatic N) is 2. The molecule has 0 radical (unpaired) electrons. The summed E-state index contributed by atoms with van der Waals surface area (Å²) >= 11 is 0. The van der Waals surface area contributed by atoms with Crippen LogP contribution in [0.4, 0.5) is 24.7 Å². The molecule has 96 valence electrons. The van der Waals surface area contributed by atoms with Crippen LogP contribution in [0.2, 0.25) is 0 Å². The van der Waals surface area contributed by atoms with Crippen LogP contribution in [0, 0.1) is 28.9 Å². The molecule has 0 fully saturated rings. The maximum Gasteiger partial charge on any atom is 0.251 e. The molecule has 0 atom stereocenters. The highest BCUT2D eigenvalue weighted by Gasteiger charge is 2.11. The van der Waals surface area contributed by atoms with E-state index in [0.29, 0.717) is 11.8 Å². The van der Waals surface area contributed by atoms with Crippen molar-refractivity contribution in [2.75, 3.05) is 5.32 Å². The average molecular weight is 263 g/mol. The van der Waals surface area contributed by atoms with Crippen molar-refractivity contribution in [2.45, 2.75) is 6.42 Å². The first kappa shape index (κ1) is 12.9. The number of nitrogens with one attached hydrogen (secondary N) is 1. The number of nitriles is 1. The molecule has 2 aromatic rings. The van der Waals surface area contributed by atoms with E-state index < -0.39 is 23.4 Å². The van der Waals surface area contributed by atoms with E-state index in [4.69, 9.17) is 5.26 Å². The minimum atomic E-state index is -1.37. The van der Waals surface area contributed by atoms with Crippen LogP contribution in [-0.2, 0) is 6.42 Å². The van der Waals surface area contributed by atoms with Crippen LogP contribution in [-0.4, -0.2) is 4.98 Å². The summed E-state index contributed by atoms with van der Waals surface area (Å²) in [5, 5.41) is 11.0. The van der Waals surface area contributed by atoms with Crippen LogP contribution in [0.3, 0.4) is 0 Å². The Morgan fingerprint density at radius 3 is 2.42 bits per heavy atom. The summed E-state index contributed by atoms with van der Waals surface area (Å²) in [7, 11) is 0. The maximum atomic E-state index is 13.3. The van der Waals surface area contributed by atoms with E-state index >= 15 is 0 Å². The zero-order valence-electron chi connectivity index (χ0n) is 9.62. The molecule has 0 aliphatic rings. The van der Waals surface area contributed by atoms with Gasteiger partial charge in [-0.15, -0.1) is 0 Å². The van der Waals surface area contributed by atoms with Crippen molar-refractivity contribution in [3.63, 3.8) is 0 Å². The monoisotopic (exact) mass is 263 g/mol. The van der Waals surface area contributed by atoms with Gasteiger partial charge in [-0.25, -0.2) is 8.78 Å². The SMILES string of the molecule is N#CCc1ccc(Nc2nc(F)c(F)cc2F)cc1. The molecule has 0 saturated carbocycles. The second-order valence-electron chi connectivity index (χ2n) is 3.75. The molecule has 0 spiro atoms. The smallest absolute Gasteiger partial charge is 0.251 e. The molecule has 19 heavy (non-hydrogen) atoms. The first-order chi connectivity index (χ1) is 9.10. The summed E-state index contributed by atoms with van der Waals surface area (Å²) in [6.45, 7) is 0. The molecule has 1 aromatic carbocycles. The van der Waals surface area contributed by atoms with Crippen molar-refractivity contribution < 1.29 is 13.2 Å². The second kappa shape index (κ2) is 5.40. The summed E-state index contributed by atoms with van der Waals surface area (Å²) < 4.78 is 38.9. The highest BCUT2D eigenvalue weighted by Crippen LogP contribution is 2.20. The Morgan fingerprint density at radius 2 is 1.79 bits per heavy atom. The number of pyridine rings is 1. The number of benzene rings is 1. The van der Waals surface area contributed by atoms with Crippen molar-refractivity contribution >= 4 is 11.5 Å². The number of halogens is 3. The van der Waals surface area contributed by atoms with Gasteiger partial charge in [0.25, 0.3) is 5.95 Å². The van der Waals surface area contributed by atoms with E-state index in [1.54, 1.807) is 24.3 Å². The van der Waals surface area contributed by atoms with Gasteiger partial charge in [0.1, 0.15) is 0 Å². The van der Waals surface area contributed by atoms with Gasteiger partial charge < -0.3 is 5.32 Å². The van der Waals surface area contributed by atoms with Gasteiger partial charge in [-0.1, -0.05) is 12.1 Å². The van der Waals surface area contributed by atoms with Gasteiger partial charge in [0, 0.05) is 11.8 Å². The Balaban J connectivity index is 2.22. The minimum Gasteiger partial charge on any atom is -0.338 e. The average Bonchev–Trinajstić information content (AvgIpc) is 2.38. The summed E-state index contributed by atoms with van der Waals surface area (Å²) in [5.74, 6) is -4.09. The Labute approximate surface area is 107 Å². The van der Waals surface area contributed by atoms with Crippen molar-refractivity contribution in [3.8, 4) is 6.07 Å². The number of aromatic nitrogens is 1. The molecule has 0 bridgehead atoms. The molecule has 1 heterocycles. The standard InChI is InChI=1S/C13H8F3N3/c14-10-7-11(15)13(19-12(10)16)18-9-3-1-8(2-4-9)5-6-17/h1-4,7H,5H2,(H,18,19). The zero-order chi connectivity index (χ0) is 13.8. The van der Waals surface area contributed by atoms with Crippen LogP contribution in [0.5, 0.6) is 0 Å². The van der Waals surface area contributed by atoms with Gasteiger partial charge in [0.05, 0.1) is 12.5 Å². The highest BCUT2D eigenvalue weighted by atomic mass is 19.2. The number of hydrogen-bond donors (Lipinski definition) is 1. The minimum absolute atomic E-state index is 0.262. The van der Waals surface area contributed by atoms with E-state index in [0.717, 1.165) is 5.56 Å².